The molecule has 3 nitrogen and oxygen atoms in total. The van der Waals surface area contributed by atoms with Gasteiger partial charge in [0.25, 0.3) is 0 Å². The average molecular weight is 259 g/mol. The Hall–Kier alpha value is -2.02. The molecule has 0 saturated carbocycles. The summed E-state index contributed by atoms with van der Waals surface area (Å²) in [7, 11) is 0. The lowest BCUT2D eigenvalue weighted by Crippen LogP contribution is -1.95. The van der Waals surface area contributed by atoms with Crippen LogP contribution in [0, 0.1) is 11.3 Å². The van der Waals surface area contributed by atoms with Crippen LogP contribution in [-0.4, -0.2) is 0 Å². The van der Waals surface area contributed by atoms with Gasteiger partial charge in [-0.3, -0.25) is 0 Å². The molecule has 0 amide bonds. The SMILES string of the molecule is N#Cc1cc(Cl)ccc1Oc1ccc(CN)cc1. The smallest absolute Gasteiger partial charge is 0.145 e. The average Bonchev–Trinajstić information content (AvgIpc) is 2.41. The van der Waals surface area contributed by atoms with Crippen LogP contribution in [0.5, 0.6) is 11.5 Å². The maximum Gasteiger partial charge on any atom is 0.145 e. The number of ether oxygens (including phenoxy) is 1. The number of nitriles is 1. The van der Waals surface area contributed by atoms with Gasteiger partial charge in [0.1, 0.15) is 17.6 Å². The van der Waals surface area contributed by atoms with E-state index in [1.54, 1.807) is 18.2 Å². The molecule has 0 aliphatic rings. The largest absolute Gasteiger partial charge is 0.456 e. The number of nitrogens with zero attached hydrogens (tertiary/aromatic N) is 1. The van der Waals surface area contributed by atoms with Crippen molar-refractivity contribution in [3.05, 3.63) is 58.6 Å². The molecule has 0 saturated heterocycles. The summed E-state index contributed by atoms with van der Waals surface area (Å²) < 4.78 is 5.63. The van der Waals surface area contributed by atoms with E-state index in [-0.39, 0.29) is 0 Å². The third-order valence-corrected chi connectivity index (χ3v) is 2.68. The van der Waals surface area contributed by atoms with E-state index in [1.165, 1.54) is 0 Å². The Morgan fingerprint density at radius 1 is 1.17 bits per heavy atom. The van der Waals surface area contributed by atoms with E-state index in [0.717, 1.165) is 5.56 Å². The lowest BCUT2D eigenvalue weighted by Gasteiger charge is -2.08. The standard InChI is InChI=1S/C14H11ClN2O/c15-12-3-6-14(11(7-12)9-17)18-13-4-1-10(8-16)2-5-13/h1-7H,8,16H2. The summed E-state index contributed by atoms with van der Waals surface area (Å²) in [6, 6.07) is 14.4. The van der Waals surface area contributed by atoms with Crippen LogP contribution >= 0.6 is 11.6 Å². The number of hydrogen-bond donors (Lipinski definition) is 1. The molecule has 0 aromatic heterocycles. The molecule has 4 heteroatoms. The van der Waals surface area contributed by atoms with Gasteiger partial charge in [0.15, 0.2) is 0 Å². The molecule has 0 heterocycles. The van der Waals surface area contributed by atoms with Gasteiger partial charge in [-0.05, 0) is 35.9 Å². The minimum absolute atomic E-state index is 0.408. The Morgan fingerprint density at radius 3 is 2.50 bits per heavy atom. The summed E-state index contributed by atoms with van der Waals surface area (Å²) in [5.74, 6) is 1.15. The molecule has 0 unspecified atom stereocenters. The first-order valence-corrected chi connectivity index (χ1v) is 5.77. The fourth-order valence-electron chi connectivity index (χ4n) is 1.50. The monoisotopic (exact) mass is 258 g/mol. The zero-order valence-corrected chi connectivity index (χ0v) is 10.3. The van der Waals surface area contributed by atoms with Gasteiger partial charge in [-0.15, -0.1) is 0 Å². The van der Waals surface area contributed by atoms with Crippen LogP contribution in [0.2, 0.25) is 5.02 Å². The zero-order chi connectivity index (χ0) is 13.0. The van der Waals surface area contributed by atoms with Gasteiger partial charge < -0.3 is 10.5 Å². The van der Waals surface area contributed by atoms with Crippen LogP contribution in [0.25, 0.3) is 0 Å². The van der Waals surface area contributed by atoms with Crippen molar-refractivity contribution in [3.8, 4) is 17.6 Å². The van der Waals surface area contributed by atoms with E-state index in [9.17, 15) is 0 Å². The summed E-state index contributed by atoms with van der Waals surface area (Å²) in [6.07, 6.45) is 0. The van der Waals surface area contributed by atoms with Crippen LogP contribution in [0.3, 0.4) is 0 Å². The van der Waals surface area contributed by atoms with Gasteiger partial charge in [-0.1, -0.05) is 23.7 Å². The summed E-state index contributed by atoms with van der Waals surface area (Å²) in [5, 5.41) is 9.51. The van der Waals surface area contributed by atoms with Crippen LogP contribution in [0.4, 0.5) is 0 Å². The fraction of sp³-hybridized carbons (Fsp3) is 0.0714. The van der Waals surface area contributed by atoms with Crippen molar-refractivity contribution in [1.82, 2.24) is 0 Å². The Bertz CT molecular complexity index is 588. The van der Waals surface area contributed by atoms with Crippen LogP contribution in [0.15, 0.2) is 42.5 Å². The summed E-state index contributed by atoms with van der Waals surface area (Å²) in [4.78, 5) is 0. The number of rotatable bonds is 3. The highest BCUT2D eigenvalue weighted by atomic mass is 35.5. The first-order valence-electron chi connectivity index (χ1n) is 5.39. The fourth-order valence-corrected chi connectivity index (χ4v) is 1.67. The van der Waals surface area contributed by atoms with Gasteiger partial charge in [-0.2, -0.15) is 5.26 Å². The molecular formula is C14H11ClN2O. The van der Waals surface area contributed by atoms with Gasteiger partial charge in [0.05, 0.1) is 5.56 Å². The van der Waals surface area contributed by atoms with E-state index in [0.29, 0.717) is 28.6 Å². The minimum atomic E-state index is 0.408. The second kappa shape index (κ2) is 5.54. The molecular weight excluding hydrogens is 248 g/mol. The minimum Gasteiger partial charge on any atom is -0.456 e. The third kappa shape index (κ3) is 2.80. The molecule has 2 N–H and O–H groups in total. The first kappa shape index (κ1) is 12.4. The molecule has 2 aromatic carbocycles. The van der Waals surface area contributed by atoms with E-state index in [1.807, 2.05) is 30.3 Å². The van der Waals surface area contributed by atoms with E-state index >= 15 is 0 Å². The lowest BCUT2D eigenvalue weighted by molar-refractivity contribution is 0.481. The van der Waals surface area contributed by atoms with Crippen molar-refractivity contribution >= 4 is 11.6 Å². The normalized spacial score (nSPS) is 9.83. The second-order valence-electron chi connectivity index (χ2n) is 3.70. The number of benzene rings is 2. The summed E-state index contributed by atoms with van der Waals surface area (Å²) in [5.41, 5.74) is 6.95. The predicted molar refractivity (Wildman–Crippen MR) is 70.6 cm³/mol. The van der Waals surface area contributed by atoms with E-state index in [2.05, 4.69) is 0 Å². The van der Waals surface area contributed by atoms with Gasteiger partial charge in [0, 0.05) is 11.6 Å². The van der Waals surface area contributed by atoms with Crippen molar-refractivity contribution in [3.63, 3.8) is 0 Å². The highest BCUT2D eigenvalue weighted by molar-refractivity contribution is 6.30. The number of hydrogen-bond acceptors (Lipinski definition) is 3. The van der Waals surface area contributed by atoms with Crippen molar-refractivity contribution in [2.75, 3.05) is 0 Å². The zero-order valence-electron chi connectivity index (χ0n) is 9.56. The molecule has 2 aromatic rings. The second-order valence-corrected chi connectivity index (χ2v) is 4.14. The quantitative estimate of drug-likeness (QED) is 0.917. The maximum atomic E-state index is 9.00. The van der Waals surface area contributed by atoms with Gasteiger partial charge in [-0.25, -0.2) is 0 Å². The molecule has 2 rings (SSSR count). The number of nitrogens with two attached hydrogens (primary N) is 1. The molecule has 0 bridgehead atoms. The highest BCUT2D eigenvalue weighted by Crippen LogP contribution is 2.27. The van der Waals surface area contributed by atoms with E-state index in [4.69, 9.17) is 27.3 Å². The molecule has 0 aliphatic carbocycles. The third-order valence-electron chi connectivity index (χ3n) is 2.45. The highest BCUT2D eigenvalue weighted by Gasteiger charge is 2.05. The maximum absolute atomic E-state index is 9.00. The van der Waals surface area contributed by atoms with Crippen molar-refractivity contribution in [2.45, 2.75) is 6.54 Å². The van der Waals surface area contributed by atoms with Crippen molar-refractivity contribution < 1.29 is 4.74 Å². The first-order chi connectivity index (χ1) is 8.72. The summed E-state index contributed by atoms with van der Waals surface area (Å²) >= 11 is 5.82. The Kier molecular flexibility index (Phi) is 3.83. The summed E-state index contributed by atoms with van der Waals surface area (Å²) in [6.45, 7) is 0.491. The topological polar surface area (TPSA) is 59.0 Å². The van der Waals surface area contributed by atoms with Crippen LogP contribution in [0.1, 0.15) is 11.1 Å². The Labute approximate surface area is 110 Å². The molecule has 0 atom stereocenters. The van der Waals surface area contributed by atoms with Crippen molar-refractivity contribution in [2.24, 2.45) is 5.73 Å². The molecule has 0 spiro atoms. The van der Waals surface area contributed by atoms with Crippen molar-refractivity contribution in [1.29, 1.82) is 5.26 Å². The number of halogens is 1. The van der Waals surface area contributed by atoms with E-state index < -0.39 is 0 Å². The molecule has 90 valence electrons. The molecule has 18 heavy (non-hydrogen) atoms. The van der Waals surface area contributed by atoms with Gasteiger partial charge in [0.2, 0.25) is 0 Å². The van der Waals surface area contributed by atoms with Crippen LogP contribution in [-0.2, 0) is 6.54 Å². The van der Waals surface area contributed by atoms with Crippen LogP contribution < -0.4 is 10.5 Å². The van der Waals surface area contributed by atoms with Gasteiger partial charge >= 0.3 is 0 Å². The predicted octanol–water partition coefficient (Wildman–Crippen LogP) is 3.46. The Morgan fingerprint density at radius 2 is 1.89 bits per heavy atom. The molecule has 0 aliphatic heterocycles. The lowest BCUT2D eigenvalue weighted by atomic mass is 10.2. The molecule has 0 radical (unpaired) electrons. The molecule has 0 fully saturated rings. The Balaban J connectivity index is 2.25.